The van der Waals surface area contributed by atoms with E-state index in [-0.39, 0.29) is 11.8 Å². The monoisotopic (exact) mass is 500 g/mol. The number of hydrogen-bond acceptors (Lipinski definition) is 8. The van der Waals surface area contributed by atoms with Crippen molar-refractivity contribution < 1.29 is 9.59 Å². The minimum Gasteiger partial charge on any atom is -0.273 e. The molecule has 2 saturated carbocycles. The number of aromatic nitrogens is 2. The second-order valence-corrected chi connectivity index (χ2v) is 11.4. The molecule has 0 saturated heterocycles. The Morgan fingerprint density at radius 2 is 1.15 bits per heavy atom. The van der Waals surface area contributed by atoms with E-state index in [1.807, 2.05) is 6.07 Å². The molecule has 2 fully saturated rings. The highest BCUT2D eigenvalue weighted by Gasteiger charge is 2.24. The average molecular weight is 501 g/mol. The van der Waals surface area contributed by atoms with Crippen LogP contribution in [0, 0.1) is 0 Å². The van der Waals surface area contributed by atoms with Crippen LogP contribution >= 0.6 is 22.7 Å². The molecule has 2 aliphatic carbocycles. The lowest BCUT2D eigenvalue weighted by Gasteiger charge is -2.28. The first-order valence-corrected chi connectivity index (χ1v) is 14.0. The SMILES string of the molecule is CC(=O)N(NC1CCCCC1)c1nc2cc3nc(N(NC4CCCCC4)C(C)=O)sc3cc2s1. The van der Waals surface area contributed by atoms with Gasteiger partial charge in [-0.15, -0.1) is 0 Å². The van der Waals surface area contributed by atoms with E-state index >= 15 is 0 Å². The zero-order valence-corrected chi connectivity index (χ0v) is 21.4. The summed E-state index contributed by atoms with van der Waals surface area (Å²) in [5.41, 5.74) is 8.45. The average Bonchev–Trinajstić information content (AvgIpc) is 3.43. The van der Waals surface area contributed by atoms with Crippen LogP contribution in [-0.2, 0) is 9.59 Å². The summed E-state index contributed by atoms with van der Waals surface area (Å²) >= 11 is 3.01. The number of benzene rings is 1. The third-order valence-corrected chi connectivity index (χ3v) is 8.73. The highest BCUT2D eigenvalue weighted by atomic mass is 32.1. The predicted octanol–water partition coefficient (Wildman–Crippen LogP) is 5.29. The number of hydrazine groups is 2. The second kappa shape index (κ2) is 10.2. The Kier molecular flexibility index (Phi) is 7.10. The Labute approximate surface area is 207 Å². The number of fused-ring (bicyclic) bond motifs is 2. The molecule has 2 N–H and O–H groups in total. The first-order chi connectivity index (χ1) is 16.5. The van der Waals surface area contributed by atoms with E-state index in [9.17, 15) is 9.59 Å². The zero-order valence-electron chi connectivity index (χ0n) is 19.8. The molecule has 2 aliphatic rings. The highest BCUT2D eigenvalue weighted by molar-refractivity contribution is 7.24. The number of carbonyl (C=O) groups excluding carboxylic acids is 2. The highest BCUT2D eigenvalue weighted by Crippen LogP contribution is 2.36. The maximum atomic E-state index is 12.4. The normalized spacial score (nSPS) is 17.9. The first kappa shape index (κ1) is 23.6. The summed E-state index contributed by atoms with van der Waals surface area (Å²) in [6, 6.07) is 4.66. The Morgan fingerprint density at radius 3 is 1.53 bits per heavy atom. The molecular formula is C24H32N6O2S2. The van der Waals surface area contributed by atoms with Crippen molar-refractivity contribution in [2.75, 3.05) is 10.0 Å². The zero-order chi connectivity index (χ0) is 23.7. The summed E-state index contributed by atoms with van der Waals surface area (Å²) < 4.78 is 2.01. The van der Waals surface area contributed by atoms with E-state index in [1.165, 1.54) is 61.2 Å². The van der Waals surface area contributed by atoms with Crippen LogP contribution in [0.2, 0.25) is 0 Å². The van der Waals surface area contributed by atoms with Crippen molar-refractivity contribution in [3.63, 3.8) is 0 Å². The van der Waals surface area contributed by atoms with Gasteiger partial charge in [-0.25, -0.2) is 30.8 Å². The van der Waals surface area contributed by atoms with Crippen molar-refractivity contribution in [1.29, 1.82) is 0 Å². The van der Waals surface area contributed by atoms with Crippen LogP contribution in [0.15, 0.2) is 12.1 Å². The molecule has 2 aromatic heterocycles. The Morgan fingerprint density at radius 1 is 0.735 bits per heavy atom. The molecule has 0 radical (unpaired) electrons. The van der Waals surface area contributed by atoms with Gasteiger partial charge in [-0.1, -0.05) is 61.2 Å². The van der Waals surface area contributed by atoms with Gasteiger partial charge in [-0.05, 0) is 37.8 Å². The molecule has 0 atom stereocenters. The quantitative estimate of drug-likeness (QED) is 0.447. The van der Waals surface area contributed by atoms with Crippen molar-refractivity contribution >= 4 is 65.2 Å². The van der Waals surface area contributed by atoms with Crippen molar-refractivity contribution in [3.05, 3.63) is 12.1 Å². The molecule has 0 spiro atoms. The fourth-order valence-corrected chi connectivity index (χ4v) is 6.98. The molecule has 1 aromatic carbocycles. The minimum absolute atomic E-state index is 0.0576. The van der Waals surface area contributed by atoms with E-state index in [2.05, 4.69) is 16.9 Å². The topological polar surface area (TPSA) is 90.5 Å². The smallest absolute Gasteiger partial charge is 0.240 e. The van der Waals surface area contributed by atoms with Gasteiger partial charge >= 0.3 is 0 Å². The molecule has 2 amide bonds. The largest absolute Gasteiger partial charge is 0.273 e. The molecular weight excluding hydrogens is 468 g/mol. The molecule has 3 aromatic rings. The number of anilines is 2. The molecule has 0 unspecified atom stereocenters. The van der Waals surface area contributed by atoms with E-state index < -0.39 is 0 Å². The molecule has 2 heterocycles. The van der Waals surface area contributed by atoms with Crippen LogP contribution in [0.3, 0.4) is 0 Å². The maximum absolute atomic E-state index is 12.4. The molecule has 0 aliphatic heterocycles. The number of hydrogen-bond donors (Lipinski definition) is 2. The maximum Gasteiger partial charge on any atom is 0.240 e. The fraction of sp³-hybridized carbons (Fsp3) is 0.583. The third-order valence-electron chi connectivity index (χ3n) is 6.72. The first-order valence-electron chi connectivity index (χ1n) is 12.3. The van der Waals surface area contributed by atoms with Gasteiger partial charge in [0.2, 0.25) is 22.1 Å². The van der Waals surface area contributed by atoms with Crippen LogP contribution in [0.4, 0.5) is 10.3 Å². The molecule has 5 rings (SSSR count). The molecule has 10 heteroatoms. The van der Waals surface area contributed by atoms with Crippen LogP contribution in [0.5, 0.6) is 0 Å². The number of nitrogens with one attached hydrogen (secondary N) is 2. The predicted molar refractivity (Wildman–Crippen MR) is 139 cm³/mol. The van der Waals surface area contributed by atoms with Crippen molar-refractivity contribution in [3.8, 4) is 0 Å². The summed E-state index contributed by atoms with van der Waals surface area (Å²) in [7, 11) is 0. The summed E-state index contributed by atoms with van der Waals surface area (Å²) in [6.07, 6.45) is 11.6. The molecule has 34 heavy (non-hydrogen) atoms. The fourth-order valence-electron chi connectivity index (χ4n) is 4.91. The lowest BCUT2D eigenvalue weighted by Crippen LogP contribution is -2.48. The number of rotatable bonds is 6. The van der Waals surface area contributed by atoms with Crippen molar-refractivity contribution in [1.82, 2.24) is 20.8 Å². The number of amides is 2. The number of carbonyl (C=O) groups is 2. The molecule has 8 nitrogen and oxygen atoms in total. The Hall–Kier alpha value is -2.14. The lowest BCUT2D eigenvalue weighted by atomic mass is 9.96. The van der Waals surface area contributed by atoms with Gasteiger partial charge in [0.05, 0.1) is 20.4 Å². The van der Waals surface area contributed by atoms with E-state index in [4.69, 9.17) is 9.97 Å². The van der Waals surface area contributed by atoms with E-state index in [0.29, 0.717) is 22.3 Å². The van der Waals surface area contributed by atoms with Gasteiger partial charge in [0.1, 0.15) is 0 Å². The van der Waals surface area contributed by atoms with Gasteiger partial charge in [0.15, 0.2) is 0 Å². The summed E-state index contributed by atoms with van der Waals surface area (Å²) in [6.45, 7) is 3.15. The number of nitrogens with zero attached hydrogens (tertiary/aromatic N) is 4. The lowest BCUT2D eigenvalue weighted by molar-refractivity contribution is -0.118. The van der Waals surface area contributed by atoms with Gasteiger partial charge in [-0.3, -0.25) is 9.59 Å². The molecule has 182 valence electrons. The van der Waals surface area contributed by atoms with Crippen LogP contribution in [0.1, 0.15) is 78.1 Å². The van der Waals surface area contributed by atoms with Gasteiger partial charge in [0.25, 0.3) is 0 Å². The van der Waals surface area contributed by atoms with Crippen molar-refractivity contribution in [2.24, 2.45) is 0 Å². The van der Waals surface area contributed by atoms with Crippen molar-refractivity contribution in [2.45, 2.75) is 90.1 Å². The van der Waals surface area contributed by atoms with Crippen LogP contribution in [-0.4, -0.2) is 33.9 Å². The van der Waals surface area contributed by atoms with Gasteiger partial charge in [0, 0.05) is 25.9 Å². The van der Waals surface area contributed by atoms with E-state index in [0.717, 1.165) is 46.1 Å². The van der Waals surface area contributed by atoms with Crippen LogP contribution < -0.4 is 20.9 Å². The Balaban J connectivity index is 1.40. The molecule has 0 bridgehead atoms. The Bertz CT molecular complexity index is 1040. The van der Waals surface area contributed by atoms with Gasteiger partial charge < -0.3 is 0 Å². The summed E-state index contributed by atoms with van der Waals surface area (Å²) in [5, 5.41) is 4.55. The third kappa shape index (κ3) is 5.10. The van der Waals surface area contributed by atoms with E-state index in [1.54, 1.807) is 23.9 Å². The van der Waals surface area contributed by atoms with Crippen LogP contribution in [0.25, 0.3) is 20.4 Å². The standard InChI is InChI=1S/C24H32N6O2S2/c1-15(31)29(27-17-9-5-3-6-10-17)23-25-19-13-20-22(14-21(19)33-23)34-24(26-20)30(16(2)32)28-18-11-7-4-8-12-18/h13-14,17-18,27-28H,3-12H2,1-2H3. The summed E-state index contributed by atoms with van der Waals surface area (Å²) in [5.74, 6) is -0.115. The minimum atomic E-state index is -0.0576. The second-order valence-electron chi connectivity index (χ2n) is 9.42. The number of thiazole rings is 2. The van der Waals surface area contributed by atoms with Gasteiger partial charge in [-0.2, -0.15) is 0 Å². The summed E-state index contributed by atoms with van der Waals surface area (Å²) in [4.78, 5) is 34.3.